The number of aromatic nitrogens is 2. The maximum Gasteiger partial charge on any atom is 0.251 e. The zero-order valence-electron chi connectivity index (χ0n) is 19.6. The molecule has 0 radical (unpaired) electrons. The van der Waals surface area contributed by atoms with E-state index in [1.54, 1.807) is 11.8 Å². The van der Waals surface area contributed by atoms with Crippen molar-refractivity contribution in [1.29, 1.82) is 0 Å². The Kier molecular flexibility index (Phi) is 7.11. The standard InChI is InChI=1S/C27H31N5OS/c1-20-16-25(32-14-12-31(13-15-32)18-21-6-3-2-4-7-21)30-27(28-20)34-19-22-8-5-9-23(17-22)26(33)29-24-10-11-24/h2-9,16-17,24H,10-15,18-19H2,1H3,(H,29,33). The van der Waals surface area contributed by atoms with Crippen molar-refractivity contribution in [1.82, 2.24) is 20.2 Å². The molecular formula is C27H31N5OS. The molecule has 0 unspecified atom stereocenters. The van der Waals surface area contributed by atoms with Gasteiger partial charge in [-0.3, -0.25) is 9.69 Å². The van der Waals surface area contributed by atoms with Crippen LogP contribution in [0.25, 0.3) is 0 Å². The van der Waals surface area contributed by atoms with Gasteiger partial charge < -0.3 is 10.2 Å². The molecule has 34 heavy (non-hydrogen) atoms. The topological polar surface area (TPSA) is 61.4 Å². The van der Waals surface area contributed by atoms with E-state index >= 15 is 0 Å². The van der Waals surface area contributed by atoms with Gasteiger partial charge in [0, 0.05) is 61.8 Å². The summed E-state index contributed by atoms with van der Waals surface area (Å²) in [7, 11) is 0. The van der Waals surface area contributed by atoms with E-state index in [0.717, 1.165) is 79.1 Å². The molecule has 2 heterocycles. The van der Waals surface area contributed by atoms with E-state index in [2.05, 4.69) is 62.6 Å². The SMILES string of the molecule is Cc1cc(N2CCN(Cc3ccccc3)CC2)nc(SCc2cccc(C(=O)NC3CC3)c2)n1. The Hall–Kier alpha value is -2.90. The Morgan fingerprint density at radius 2 is 1.74 bits per heavy atom. The summed E-state index contributed by atoms with van der Waals surface area (Å²) in [6, 6.07) is 21.0. The molecule has 7 heteroatoms. The highest BCUT2D eigenvalue weighted by Crippen LogP contribution is 2.25. The summed E-state index contributed by atoms with van der Waals surface area (Å²) in [6.07, 6.45) is 2.19. The summed E-state index contributed by atoms with van der Waals surface area (Å²) >= 11 is 1.62. The fourth-order valence-corrected chi connectivity index (χ4v) is 5.02. The number of carbonyl (C=O) groups excluding carboxylic acids is 1. The van der Waals surface area contributed by atoms with Crippen molar-refractivity contribution in [2.45, 2.75) is 43.3 Å². The number of thioether (sulfide) groups is 1. The average molecular weight is 474 g/mol. The number of piperazine rings is 1. The van der Waals surface area contributed by atoms with E-state index in [9.17, 15) is 4.79 Å². The second-order valence-corrected chi connectivity index (χ2v) is 10.1. The van der Waals surface area contributed by atoms with Crippen LogP contribution < -0.4 is 10.2 Å². The molecule has 1 aliphatic carbocycles. The number of aryl methyl sites for hydroxylation is 1. The van der Waals surface area contributed by atoms with Crippen molar-refractivity contribution in [3.05, 3.63) is 83.0 Å². The largest absolute Gasteiger partial charge is 0.354 e. The first kappa shape index (κ1) is 22.9. The number of nitrogens with zero attached hydrogens (tertiary/aromatic N) is 4. The van der Waals surface area contributed by atoms with Crippen LogP contribution in [0.2, 0.25) is 0 Å². The molecule has 1 amide bonds. The quantitative estimate of drug-likeness (QED) is 0.389. The smallest absolute Gasteiger partial charge is 0.251 e. The fourth-order valence-electron chi connectivity index (χ4n) is 4.18. The molecule has 1 aromatic heterocycles. The van der Waals surface area contributed by atoms with Gasteiger partial charge in [-0.05, 0) is 43.0 Å². The Labute approximate surface area is 205 Å². The second-order valence-electron chi connectivity index (χ2n) is 9.14. The van der Waals surface area contributed by atoms with Gasteiger partial charge in [-0.1, -0.05) is 54.2 Å². The first-order valence-electron chi connectivity index (χ1n) is 12.0. The van der Waals surface area contributed by atoms with Crippen LogP contribution in [0.4, 0.5) is 5.82 Å². The monoisotopic (exact) mass is 473 g/mol. The van der Waals surface area contributed by atoms with Crippen LogP contribution in [0.3, 0.4) is 0 Å². The molecule has 1 saturated heterocycles. The third-order valence-corrected chi connectivity index (χ3v) is 7.15. The number of rotatable bonds is 8. The lowest BCUT2D eigenvalue weighted by Crippen LogP contribution is -2.46. The molecule has 0 bridgehead atoms. The van der Waals surface area contributed by atoms with Crippen LogP contribution in [0.5, 0.6) is 0 Å². The summed E-state index contributed by atoms with van der Waals surface area (Å²) in [5.74, 6) is 1.76. The van der Waals surface area contributed by atoms with E-state index in [-0.39, 0.29) is 5.91 Å². The minimum absolute atomic E-state index is 0.0230. The Bertz CT molecular complexity index is 1130. The highest BCUT2D eigenvalue weighted by molar-refractivity contribution is 7.98. The molecule has 2 fully saturated rings. The van der Waals surface area contributed by atoms with Crippen LogP contribution in [0, 0.1) is 6.92 Å². The summed E-state index contributed by atoms with van der Waals surface area (Å²) in [5.41, 5.74) is 4.18. The summed E-state index contributed by atoms with van der Waals surface area (Å²) in [5, 5.41) is 3.85. The van der Waals surface area contributed by atoms with Crippen molar-refractivity contribution in [2.24, 2.45) is 0 Å². The second kappa shape index (κ2) is 10.6. The van der Waals surface area contributed by atoms with Gasteiger partial charge in [0.15, 0.2) is 5.16 Å². The Morgan fingerprint density at radius 1 is 0.971 bits per heavy atom. The number of amides is 1. The molecule has 2 aliphatic rings. The van der Waals surface area contributed by atoms with Gasteiger partial charge in [-0.25, -0.2) is 9.97 Å². The molecule has 1 aliphatic heterocycles. The number of hydrogen-bond donors (Lipinski definition) is 1. The van der Waals surface area contributed by atoms with Crippen molar-refractivity contribution in [3.63, 3.8) is 0 Å². The molecule has 5 rings (SSSR count). The molecule has 0 atom stereocenters. The summed E-state index contributed by atoms with van der Waals surface area (Å²) < 4.78 is 0. The first-order valence-corrected chi connectivity index (χ1v) is 13.0. The van der Waals surface area contributed by atoms with E-state index in [4.69, 9.17) is 4.98 Å². The maximum atomic E-state index is 12.4. The zero-order valence-corrected chi connectivity index (χ0v) is 20.4. The van der Waals surface area contributed by atoms with Gasteiger partial charge in [0.1, 0.15) is 5.82 Å². The van der Waals surface area contributed by atoms with E-state index in [1.807, 2.05) is 25.1 Å². The predicted octanol–water partition coefficient (Wildman–Crippen LogP) is 4.29. The van der Waals surface area contributed by atoms with Crippen LogP contribution in [0.1, 0.15) is 40.0 Å². The lowest BCUT2D eigenvalue weighted by molar-refractivity contribution is 0.0951. The van der Waals surface area contributed by atoms with E-state index in [0.29, 0.717) is 6.04 Å². The number of carbonyl (C=O) groups is 1. The Balaban J connectivity index is 1.18. The van der Waals surface area contributed by atoms with E-state index in [1.165, 1.54) is 5.56 Å². The molecule has 2 aromatic carbocycles. The van der Waals surface area contributed by atoms with Gasteiger partial charge in [0.25, 0.3) is 5.91 Å². The number of nitrogens with one attached hydrogen (secondary N) is 1. The molecule has 1 saturated carbocycles. The molecule has 6 nitrogen and oxygen atoms in total. The van der Waals surface area contributed by atoms with Gasteiger partial charge in [0.2, 0.25) is 0 Å². The molecule has 3 aromatic rings. The lowest BCUT2D eigenvalue weighted by atomic mass is 10.1. The van der Waals surface area contributed by atoms with Crippen molar-refractivity contribution >= 4 is 23.5 Å². The highest BCUT2D eigenvalue weighted by atomic mass is 32.2. The lowest BCUT2D eigenvalue weighted by Gasteiger charge is -2.35. The maximum absolute atomic E-state index is 12.4. The van der Waals surface area contributed by atoms with Crippen LogP contribution in [-0.2, 0) is 12.3 Å². The summed E-state index contributed by atoms with van der Waals surface area (Å²) in [6.45, 7) is 7.00. The van der Waals surface area contributed by atoms with Crippen molar-refractivity contribution in [2.75, 3.05) is 31.1 Å². The zero-order chi connectivity index (χ0) is 23.3. The number of anilines is 1. The highest BCUT2D eigenvalue weighted by Gasteiger charge is 2.24. The summed E-state index contributed by atoms with van der Waals surface area (Å²) in [4.78, 5) is 26.7. The Morgan fingerprint density at radius 3 is 2.50 bits per heavy atom. The van der Waals surface area contributed by atoms with Crippen molar-refractivity contribution in [3.8, 4) is 0 Å². The van der Waals surface area contributed by atoms with Gasteiger partial charge in [-0.15, -0.1) is 0 Å². The molecule has 176 valence electrons. The van der Waals surface area contributed by atoms with E-state index < -0.39 is 0 Å². The van der Waals surface area contributed by atoms with Crippen LogP contribution >= 0.6 is 11.8 Å². The number of hydrogen-bond acceptors (Lipinski definition) is 6. The normalized spacial score (nSPS) is 16.4. The minimum Gasteiger partial charge on any atom is -0.354 e. The first-order chi connectivity index (χ1) is 16.6. The van der Waals surface area contributed by atoms with Gasteiger partial charge in [-0.2, -0.15) is 0 Å². The predicted molar refractivity (Wildman–Crippen MR) is 137 cm³/mol. The minimum atomic E-state index is 0.0230. The molecule has 0 spiro atoms. The fraction of sp³-hybridized carbons (Fsp3) is 0.370. The van der Waals surface area contributed by atoms with Crippen LogP contribution in [0.15, 0.2) is 65.8 Å². The average Bonchev–Trinajstić information content (AvgIpc) is 3.68. The van der Waals surface area contributed by atoms with Gasteiger partial charge >= 0.3 is 0 Å². The van der Waals surface area contributed by atoms with Crippen molar-refractivity contribution < 1.29 is 4.79 Å². The van der Waals surface area contributed by atoms with Gasteiger partial charge in [0.05, 0.1) is 0 Å². The van der Waals surface area contributed by atoms with Crippen LogP contribution in [-0.4, -0.2) is 53.0 Å². The molecule has 1 N–H and O–H groups in total. The number of benzene rings is 2. The third kappa shape index (κ3) is 6.15. The molecular weight excluding hydrogens is 442 g/mol. The third-order valence-electron chi connectivity index (χ3n) is 6.24.